The lowest BCUT2D eigenvalue weighted by molar-refractivity contribution is 0.0941. The van der Waals surface area contributed by atoms with E-state index in [9.17, 15) is 9.59 Å². The van der Waals surface area contributed by atoms with Crippen LogP contribution in [0.1, 0.15) is 73.6 Å². The molecule has 172 valence electrons. The van der Waals surface area contributed by atoms with Gasteiger partial charge in [0.25, 0.3) is 11.8 Å². The molecule has 2 rings (SSSR count). The Morgan fingerprint density at radius 2 is 1.47 bits per heavy atom. The Hall–Kier alpha value is -2.93. The monoisotopic (exact) mass is 455 g/mol. The second kappa shape index (κ2) is 13.5. The molecule has 0 saturated carbocycles. The molecule has 0 heterocycles. The van der Waals surface area contributed by atoms with Crippen LogP contribution in [-0.2, 0) is 0 Å². The fourth-order valence-corrected chi connectivity index (χ4v) is 3.20. The number of nitrogens with one attached hydrogen (secondary N) is 3. The molecular formula is C25H33N3O3S. The van der Waals surface area contributed by atoms with Crippen molar-refractivity contribution in [2.45, 2.75) is 58.9 Å². The minimum absolute atomic E-state index is 0.0688. The molecule has 32 heavy (non-hydrogen) atoms. The van der Waals surface area contributed by atoms with E-state index in [1.54, 1.807) is 48.5 Å². The lowest BCUT2D eigenvalue weighted by Gasteiger charge is -2.11. The molecule has 0 aliphatic rings. The highest BCUT2D eigenvalue weighted by Crippen LogP contribution is 2.14. The second-order valence-electron chi connectivity index (χ2n) is 7.90. The first-order valence-corrected chi connectivity index (χ1v) is 11.6. The summed E-state index contributed by atoms with van der Waals surface area (Å²) in [6.45, 7) is 6.70. The number of rotatable bonds is 11. The van der Waals surface area contributed by atoms with Crippen LogP contribution in [-0.4, -0.2) is 29.6 Å². The van der Waals surface area contributed by atoms with Crippen LogP contribution in [0.5, 0.6) is 5.75 Å². The molecule has 2 amide bonds. The highest BCUT2D eigenvalue weighted by atomic mass is 32.1. The van der Waals surface area contributed by atoms with Gasteiger partial charge in [0.1, 0.15) is 5.75 Å². The topological polar surface area (TPSA) is 79.5 Å². The summed E-state index contributed by atoms with van der Waals surface area (Å²) >= 11 is 5.23. The molecule has 0 fully saturated rings. The summed E-state index contributed by atoms with van der Waals surface area (Å²) in [5.41, 5.74) is 1.73. The third kappa shape index (κ3) is 9.06. The van der Waals surface area contributed by atoms with Gasteiger partial charge in [0.05, 0.1) is 6.61 Å². The zero-order chi connectivity index (χ0) is 23.3. The van der Waals surface area contributed by atoms with E-state index in [0.29, 0.717) is 23.4 Å². The normalized spacial score (nSPS) is 10.5. The minimum Gasteiger partial charge on any atom is -0.494 e. The third-order valence-corrected chi connectivity index (χ3v) is 4.89. The highest BCUT2D eigenvalue weighted by molar-refractivity contribution is 7.80. The maximum Gasteiger partial charge on any atom is 0.257 e. The van der Waals surface area contributed by atoms with E-state index >= 15 is 0 Å². The van der Waals surface area contributed by atoms with Gasteiger partial charge in [-0.3, -0.25) is 14.9 Å². The average Bonchev–Trinajstić information content (AvgIpc) is 2.76. The Morgan fingerprint density at radius 3 is 2.09 bits per heavy atom. The Balaban J connectivity index is 1.78. The molecular weight excluding hydrogens is 422 g/mol. The van der Waals surface area contributed by atoms with Gasteiger partial charge in [0.2, 0.25) is 0 Å². The van der Waals surface area contributed by atoms with E-state index in [1.165, 1.54) is 25.7 Å². The van der Waals surface area contributed by atoms with Crippen molar-refractivity contribution in [1.29, 1.82) is 0 Å². The summed E-state index contributed by atoms with van der Waals surface area (Å²) in [4.78, 5) is 24.4. The zero-order valence-electron chi connectivity index (χ0n) is 19.1. The number of carbonyl (C=O) groups excluding carboxylic acids is 2. The lowest BCUT2D eigenvalue weighted by Crippen LogP contribution is -2.34. The SMILES string of the molecule is CCCCCCCOc1ccc(C(=O)NC(=S)Nc2ccc(C(=O)NC(C)C)cc2)cc1. The zero-order valence-corrected chi connectivity index (χ0v) is 19.9. The largest absolute Gasteiger partial charge is 0.494 e. The van der Waals surface area contributed by atoms with Crippen LogP contribution in [0.2, 0.25) is 0 Å². The molecule has 0 saturated heterocycles. The van der Waals surface area contributed by atoms with Crippen LogP contribution in [0, 0.1) is 0 Å². The number of anilines is 1. The Labute approximate surface area is 196 Å². The fourth-order valence-electron chi connectivity index (χ4n) is 2.99. The molecule has 6 nitrogen and oxygen atoms in total. The van der Waals surface area contributed by atoms with Crippen LogP contribution in [0.15, 0.2) is 48.5 Å². The van der Waals surface area contributed by atoms with Crippen LogP contribution < -0.4 is 20.7 Å². The summed E-state index contributed by atoms with van der Waals surface area (Å²) in [6, 6.07) is 14.0. The predicted molar refractivity (Wildman–Crippen MR) is 133 cm³/mol. The van der Waals surface area contributed by atoms with Crippen molar-refractivity contribution in [3.05, 3.63) is 59.7 Å². The second-order valence-corrected chi connectivity index (χ2v) is 8.31. The quantitative estimate of drug-likeness (QED) is 0.316. The van der Waals surface area contributed by atoms with Crippen molar-refractivity contribution in [2.24, 2.45) is 0 Å². The first kappa shape index (κ1) is 25.3. The molecule has 3 N–H and O–H groups in total. The van der Waals surface area contributed by atoms with E-state index in [0.717, 1.165) is 12.2 Å². The molecule has 2 aromatic rings. The summed E-state index contributed by atoms with van der Waals surface area (Å²) in [5, 5.41) is 8.63. The summed E-state index contributed by atoms with van der Waals surface area (Å²) < 4.78 is 5.73. The molecule has 7 heteroatoms. The van der Waals surface area contributed by atoms with Crippen molar-refractivity contribution >= 4 is 34.8 Å². The van der Waals surface area contributed by atoms with Crippen LogP contribution in [0.25, 0.3) is 0 Å². The molecule has 2 aromatic carbocycles. The molecule has 0 bridgehead atoms. The standard InChI is InChI=1S/C25H33N3O3S/c1-4-5-6-7-8-17-31-22-15-11-20(12-16-22)24(30)28-25(32)27-21-13-9-19(10-14-21)23(29)26-18(2)3/h9-16,18H,4-8,17H2,1-3H3,(H,26,29)(H2,27,28,30,32). The summed E-state index contributed by atoms with van der Waals surface area (Å²) in [6.07, 6.45) is 5.94. The predicted octanol–water partition coefficient (Wildman–Crippen LogP) is 5.30. The van der Waals surface area contributed by atoms with Gasteiger partial charge in [-0.15, -0.1) is 0 Å². The average molecular weight is 456 g/mol. The molecule has 0 radical (unpaired) electrons. The van der Waals surface area contributed by atoms with E-state index in [-0.39, 0.29) is 23.0 Å². The van der Waals surface area contributed by atoms with Crippen molar-refractivity contribution in [2.75, 3.05) is 11.9 Å². The molecule has 0 atom stereocenters. The summed E-state index contributed by atoms with van der Waals surface area (Å²) in [5.74, 6) is 0.312. The van der Waals surface area contributed by atoms with Crippen molar-refractivity contribution in [1.82, 2.24) is 10.6 Å². The van der Waals surface area contributed by atoms with Gasteiger partial charge in [-0.05, 0) is 81.0 Å². The van der Waals surface area contributed by atoms with E-state index in [2.05, 4.69) is 22.9 Å². The molecule has 0 aliphatic carbocycles. The van der Waals surface area contributed by atoms with E-state index in [4.69, 9.17) is 17.0 Å². The van der Waals surface area contributed by atoms with Crippen LogP contribution >= 0.6 is 12.2 Å². The van der Waals surface area contributed by atoms with Crippen LogP contribution in [0.4, 0.5) is 5.69 Å². The van der Waals surface area contributed by atoms with Crippen molar-refractivity contribution < 1.29 is 14.3 Å². The molecule has 0 unspecified atom stereocenters. The number of ether oxygens (including phenoxy) is 1. The first-order chi connectivity index (χ1) is 15.4. The minimum atomic E-state index is -0.304. The third-order valence-electron chi connectivity index (χ3n) is 4.68. The van der Waals surface area contributed by atoms with Gasteiger partial charge in [-0.25, -0.2) is 0 Å². The Morgan fingerprint density at radius 1 is 0.875 bits per heavy atom. The Kier molecular flexibility index (Phi) is 10.7. The van der Waals surface area contributed by atoms with Gasteiger partial charge < -0.3 is 15.4 Å². The number of unbranched alkanes of at least 4 members (excludes halogenated alkanes) is 4. The Bertz CT molecular complexity index is 880. The number of hydrogen-bond acceptors (Lipinski definition) is 4. The lowest BCUT2D eigenvalue weighted by atomic mass is 10.2. The van der Waals surface area contributed by atoms with E-state index in [1.807, 2.05) is 13.8 Å². The molecule has 0 aliphatic heterocycles. The number of hydrogen-bond donors (Lipinski definition) is 3. The highest BCUT2D eigenvalue weighted by Gasteiger charge is 2.10. The number of amides is 2. The number of benzene rings is 2. The van der Waals surface area contributed by atoms with Gasteiger partial charge in [-0.1, -0.05) is 32.6 Å². The van der Waals surface area contributed by atoms with E-state index < -0.39 is 0 Å². The fraction of sp³-hybridized carbons (Fsp3) is 0.400. The van der Waals surface area contributed by atoms with Crippen molar-refractivity contribution in [3.63, 3.8) is 0 Å². The maximum atomic E-state index is 12.4. The smallest absolute Gasteiger partial charge is 0.257 e. The van der Waals surface area contributed by atoms with Crippen molar-refractivity contribution in [3.8, 4) is 5.75 Å². The number of carbonyl (C=O) groups is 2. The molecule has 0 aromatic heterocycles. The first-order valence-electron chi connectivity index (χ1n) is 11.1. The van der Waals surface area contributed by atoms with Gasteiger partial charge in [0.15, 0.2) is 5.11 Å². The maximum absolute atomic E-state index is 12.4. The van der Waals surface area contributed by atoms with Gasteiger partial charge >= 0.3 is 0 Å². The van der Waals surface area contributed by atoms with Gasteiger partial charge in [-0.2, -0.15) is 0 Å². The molecule has 0 spiro atoms. The van der Waals surface area contributed by atoms with Crippen LogP contribution in [0.3, 0.4) is 0 Å². The summed E-state index contributed by atoms with van der Waals surface area (Å²) in [7, 11) is 0. The number of thiocarbonyl (C=S) groups is 1. The van der Waals surface area contributed by atoms with Gasteiger partial charge in [0, 0.05) is 22.9 Å².